The van der Waals surface area contributed by atoms with Crippen LogP contribution in [-0.4, -0.2) is 12.5 Å². The topological polar surface area (TPSA) is 38.3 Å². The summed E-state index contributed by atoms with van der Waals surface area (Å²) in [5, 5.41) is 4.92. The Hall–Kier alpha value is -1.81. The highest BCUT2D eigenvalue weighted by atomic mass is 32.1. The fourth-order valence-corrected chi connectivity index (χ4v) is 2.46. The number of rotatable bonds is 6. The second-order valence-corrected chi connectivity index (χ2v) is 5.09. The van der Waals surface area contributed by atoms with E-state index in [2.05, 4.69) is 5.32 Å². The van der Waals surface area contributed by atoms with Crippen LogP contribution in [0.5, 0.6) is 5.75 Å². The lowest BCUT2D eigenvalue weighted by atomic mass is 10.2. The van der Waals surface area contributed by atoms with Gasteiger partial charge in [-0.1, -0.05) is 18.2 Å². The Labute approximate surface area is 117 Å². The van der Waals surface area contributed by atoms with E-state index < -0.39 is 0 Å². The van der Waals surface area contributed by atoms with Crippen LogP contribution >= 0.6 is 11.3 Å². The summed E-state index contributed by atoms with van der Waals surface area (Å²) >= 11 is 1.68. The highest BCUT2D eigenvalue weighted by Gasteiger charge is 2.07. The van der Waals surface area contributed by atoms with Crippen molar-refractivity contribution >= 4 is 22.9 Å². The van der Waals surface area contributed by atoms with Crippen LogP contribution in [0.2, 0.25) is 0 Å². The zero-order chi connectivity index (χ0) is 13.5. The van der Waals surface area contributed by atoms with Crippen molar-refractivity contribution in [2.24, 2.45) is 0 Å². The maximum absolute atomic E-state index is 11.9. The van der Waals surface area contributed by atoms with Gasteiger partial charge >= 0.3 is 0 Å². The Kier molecular flexibility index (Phi) is 4.98. The number of aryl methyl sites for hydroxylation is 1. The maximum atomic E-state index is 11.9. The van der Waals surface area contributed by atoms with Crippen molar-refractivity contribution in [1.29, 1.82) is 0 Å². The van der Waals surface area contributed by atoms with Gasteiger partial charge in [0.25, 0.3) is 0 Å². The third-order valence-corrected chi connectivity index (χ3v) is 3.58. The van der Waals surface area contributed by atoms with Crippen LogP contribution in [0, 0.1) is 0 Å². The lowest BCUT2D eigenvalue weighted by Gasteiger charge is -2.10. The van der Waals surface area contributed by atoms with Crippen molar-refractivity contribution in [3.05, 3.63) is 46.7 Å². The molecular formula is C15H17NO2S. The molecule has 2 aromatic rings. The first-order valence-corrected chi connectivity index (χ1v) is 7.21. The van der Waals surface area contributed by atoms with E-state index in [-0.39, 0.29) is 5.91 Å². The van der Waals surface area contributed by atoms with E-state index in [0.717, 1.165) is 17.9 Å². The van der Waals surface area contributed by atoms with Gasteiger partial charge in [0.15, 0.2) is 0 Å². The molecule has 2 rings (SSSR count). The summed E-state index contributed by atoms with van der Waals surface area (Å²) in [5.74, 6) is 0.732. The van der Waals surface area contributed by atoms with E-state index in [4.69, 9.17) is 4.74 Å². The summed E-state index contributed by atoms with van der Waals surface area (Å²) in [5.41, 5.74) is 0.737. The molecule has 0 aliphatic heterocycles. The molecule has 4 heteroatoms. The maximum Gasteiger partial charge on any atom is 0.224 e. The fourth-order valence-electron chi connectivity index (χ4n) is 1.76. The summed E-state index contributed by atoms with van der Waals surface area (Å²) in [6.45, 7) is 2.51. The predicted octanol–water partition coefficient (Wildman–Crippen LogP) is 3.72. The summed E-state index contributed by atoms with van der Waals surface area (Å²) in [6, 6.07) is 11.5. The Morgan fingerprint density at radius 2 is 2.11 bits per heavy atom. The van der Waals surface area contributed by atoms with Gasteiger partial charge < -0.3 is 10.1 Å². The first-order valence-electron chi connectivity index (χ1n) is 6.33. The Bertz CT molecular complexity index is 523. The smallest absolute Gasteiger partial charge is 0.224 e. The molecule has 0 fully saturated rings. The summed E-state index contributed by atoms with van der Waals surface area (Å²) in [4.78, 5) is 13.1. The Balaban J connectivity index is 1.91. The largest absolute Gasteiger partial charge is 0.492 e. The number of thiophene rings is 1. The fraction of sp³-hybridized carbons (Fsp3) is 0.267. The van der Waals surface area contributed by atoms with Gasteiger partial charge in [-0.05, 0) is 36.9 Å². The summed E-state index contributed by atoms with van der Waals surface area (Å²) in [7, 11) is 0. The second kappa shape index (κ2) is 6.95. The zero-order valence-electron chi connectivity index (χ0n) is 10.9. The molecule has 1 amide bonds. The normalized spacial score (nSPS) is 10.2. The minimum atomic E-state index is 0.0144. The van der Waals surface area contributed by atoms with Crippen molar-refractivity contribution in [2.75, 3.05) is 11.9 Å². The molecule has 19 heavy (non-hydrogen) atoms. The first kappa shape index (κ1) is 13.6. The number of anilines is 1. The van der Waals surface area contributed by atoms with Crippen molar-refractivity contribution < 1.29 is 9.53 Å². The summed E-state index contributed by atoms with van der Waals surface area (Å²) < 4.78 is 5.48. The minimum absolute atomic E-state index is 0.0144. The van der Waals surface area contributed by atoms with Crippen LogP contribution in [-0.2, 0) is 11.2 Å². The Morgan fingerprint density at radius 3 is 2.84 bits per heavy atom. The average molecular weight is 275 g/mol. The van der Waals surface area contributed by atoms with Crippen LogP contribution in [0.4, 0.5) is 5.69 Å². The van der Waals surface area contributed by atoms with Crippen molar-refractivity contribution in [3.8, 4) is 5.75 Å². The SMILES string of the molecule is CCOc1ccccc1NC(=O)CCc1cccs1. The average Bonchev–Trinajstić information content (AvgIpc) is 2.92. The summed E-state index contributed by atoms with van der Waals surface area (Å²) in [6.07, 6.45) is 1.27. The van der Waals surface area contributed by atoms with Gasteiger partial charge in [0.2, 0.25) is 5.91 Å². The standard InChI is InChI=1S/C15H17NO2S/c1-2-18-14-8-4-3-7-13(14)16-15(17)10-9-12-6-5-11-19-12/h3-8,11H,2,9-10H2,1H3,(H,16,17). The molecule has 1 aromatic heterocycles. The number of hydrogen-bond acceptors (Lipinski definition) is 3. The lowest BCUT2D eigenvalue weighted by molar-refractivity contribution is -0.116. The molecule has 1 aromatic carbocycles. The van der Waals surface area contributed by atoms with E-state index in [0.29, 0.717) is 13.0 Å². The molecule has 3 nitrogen and oxygen atoms in total. The predicted molar refractivity (Wildman–Crippen MR) is 78.9 cm³/mol. The molecule has 0 aliphatic rings. The highest BCUT2D eigenvalue weighted by molar-refractivity contribution is 7.09. The molecule has 0 bridgehead atoms. The molecule has 0 unspecified atom stereocenters. The molecule has 0 atom stereocenters. The van der Waals surface area contributed by atoms with Crippen molar-refractivity contribution in [2.45, 2.75) is 19.8 Å². The molecule has 0 aliphatic carbocycles. The van der Waals surface area contributed by atoms with E-state index in [1.54, 1.807) is 11.3 Å². The Morgan fingerprint density at radius 1 is 1.26 bits per heavy atom. The van der Waals surface area contributed by atoms with Gasteiger partial charge in [-0.2, -0.15) is 0 Å². The van der Waals surface area contributed by atoms with Crippen LogP contribution in [0.25, 0.3) is 0 Å². The van der Waals surface area contributed by atoms with Gasteiger partial charge in [0.05, 0.1) is 12.3 Å². The van der Waals surface area contributed by atoms with Crippen LogP contribution < -0.4 is 10.1 Å². The van der Waals surface area contributed by atoms with E-state index >= 15 is 0 Å². The molecule has 1 heterocycles. The van der Waals surface area contributed by atoms with Crippen LogP contribution in [0.15, 0.2) is 41.8 Å². The number of carbonyl (C=O) groups is 1. The third-order valence-electron chi connectivity index (χ3n) is 2.64. The monoisotopic (exact) mass is 275 g/mol. The molecular weight excluding hydrogens is 258 g/mol. The van der Waals surface area contributed by atoms with Crippen LogP contribution in [0.3, 0.4) is 0 Å². The third kappa shape index (κ3) is 4.10. The van der Waals surface area contributed by atoms with Gasteiger partial charge in [-0.15, -0.1) is 11.3 Å². The molecule has 0 spiro atoms. The van der Waals surface area contributed by atoms with Crippen molar-refractivity contribution in [1.82, 2.24) is 0 Å². The van der Waals surface area contributed by atoms with E-state index in [1.807, 2.05) is 48.7 Å². The number of hydrogen-bond donors (Lipinski definition) is 1. The molecule has 0 saturated heterocycles. The quantitative estimate of drug-likeness (QED) is 0.872. The molecule has 0 radical (unpaired) electrons. The van der Waals surface area contributed by atoms with Gasteiger partial charge in [-0.3, -0.25) is 4.79 Å². The minimum Gasteiger partial charge on any atom is -0.492 e. The number of nitrogens with one attached hydrogen (secondary N) is 1. The second-order valence-electron chi connectivity index (χ2n) is 4.06. The zero-order valence-corrected chi connectivity index (χ0v) is 11.7. The number of amides is 1. The highest BCUT2D eigenvalue weighted by Crippen LogP contribution is 2.24. The van der Waals surface area contributed by atoms with Crippen molar-refractivity contribution in [3.63, 3.8) is 0 Å². The number of ether oxygens (including phenoxy) is 1. The molecule has 0 saturated carbocycles. The van der Waals surface area contributed by atoms with E-state index in [9.17, 15) is 4.79 Å². The number of para-hydroxylation sites is 2. The van der Waals surface area contributed by atoms with Gasteiger partial charge in [0, 0.05) is 11.3 Å². The van der Waals surface area contributed by atoms with Crippen LogP contribution in [0.1, 0.15) is 18.2 Å². The number of benzene rings is 1. The van der Waals surface area contributed by atoms with Gasteiger partial charge in [-0.25, -0.2) is 0 Å². The van der Waals surface area contributed by atoms with Gasteiger partial charge in [0.1, 0.15) is 5.75 Å². The van der Waals surface area contributed by atoms with E-state index in [1.165, 1.54) is 4.88 Å². The lowest BCUT2D eigenvalue weighted by Crippen LogP contribution is -2.13. The molecule has 1 N–H and O–H groups in total. The number of carbonyl (C=O) groups excluding carboxylic acids is 1. The molecule has 100 valence electrons. The first-order chi connectivity index (χ1) is 9.29.